The molecule has 1 amide bonds. The van der Waals surface area contributed by atoms with Gasteiger partial charge in [-0.3, -0.25) is 14.2 Å². The van der Waals surface area contributed by atoms with Crippen molar-refractivity contribution in [3.63, 3.8) is 0 Å². The normalized spacial score (nSPS) is 21.1. The molecule has 6 rings (SSSR count). The number of aromatic nitrogens is 1. The predicted octanol–water partition coefficient (Wildman–Crippen LogP) is 4.15. The van der Waals surface area contributed by atoms with Gasteiger partial charge in [0.15, 0.2) is 11.6 Å². The molecular weight excluding hydrogens is 617 g/mol. The van der Waals surface area contributed by atoms with Gasteiger partial charge in [-0.1, -0.05) is 0 Å². The summed E-state index contributed by atoms with van der Waals surface area (Å²) in [5.41, 5.74) is 3.54. The van der Waals surface area contributed by atoms with E-state index in [1.54, 1.807) is 16.4 Å². The second-order valence-electron chi connectivity index (χ2n) is 11.7. The number of benzene rings is 2. The summed E-state index contributed by atoms with van der Waals surface area (Å²) >= 11 is 0. The molecule has 2 saturated heterocycles. The van der Waals surface area contributed by atoms with Crippen molar-refractivity contribution in [2.45, 2.75) is 50.4 Å². The Labute approximate surface area is 255 Å². The van der Waals surface area contributed by atoms with Gasteiger partial charge in [-0.05, 0) is 56.9 Å². The number of hydrogen-bond donors (Lipinski definition) is 3. The van der Waals surface area contributed by atoms with Crippen LogP contribution in [0.4, 0.5) is 25.0 Å². The molecule has 3 aromatic rings. The molecule has 16 heteroatoms. The first kappa shape index (κ1) is 31.0. The van der Waals surface area contributed by atoms with Crippen LogP contribution in [0.1, 0.15) is 49.0 Å². The minimum Gasteiger partial charge on any atom is -0.487 e. The number of cyclic esters (lactones) is 1. The van der Waals surface area contributed by atoms with Gasteiger partial charge in [-0.2, -0.15) is 0 Å². The number of carboxylic acids is 1. The molecule has 13 nitrogen and oxygen atoms in total. The lowest BCUT2D eigenvalue weighted by atomic mass is 9.92. The van der Waals surface area contributed by atoms with Crippen molar-refractivity contribution in [1.82, 2.24) is 4.57 Å². The molecule has 2 unspecified atom stereocenters. The standard InChI is InChI=1S/C29H31F2N4O9P/c1-16-13-35(28(39)43-16)18-4-5-25(22(31)10-18)42-15-29(44-45(32,40)41)6-8-33(9-7-29)24-12-23-19(11-21(24)30)26(36)20(27(37)38)14-34(23)17-2-3-17/h4-5,10-12,14,16-17H,2-3,6-9,13,15H2,1H3,(H,37,38)(H3,32,40,41). The highest BCUT2D eigenvalue weighted by molar-refractivity contribution is 7.50. The fraction of sp³-hybridized carbons (Fsp3) is 0.414. The van der Waals surface area contributed by atoms with Crippen LogP contribution in [-0.4, -0.2) is 64.6 Å². The van der Waals surface area contributed by atoms with Crippen LogP contribution in [0, 0.1) is 11.6 Å². The summed E-state index contributed by atoms with van der Waals surface area (Å²) in [5.74, 6) is -3.09. The van der Waals surface area contributed by atoms with Crippen molar-refractivity contribution in [1.29, 1.82) is 0 Å². The summed E-state index contributed by atoms with van der Waals surface area (Å²) in [5, 5.41) is 9.45. The Kier molecular flexibility index (Phi) is 7.84. The number of hydrogen-bond acceptors (Lipinski definition) is 8. The Morgan fingerprint density at radius 1 is 1.16 bits per heavy atom. The first-order chi connectivity index (χ1) is 21.2. The van der Waals surface area contributed by atoms with Crippen LogP contribution in [0.3, 0.4) is 0 Å². The second-order valence-corrected chi connectivity index (χ2v) is 13.0. The van der Waals surface area contributed by atoms with Crippen LogP contribution in [0.5, 0.6) is 5.75 Å². The maximum Gasteiger partial charge on any atom is 0.414 e. The van der Waals surface area contributed by atoms with Gasteiger partial charge >= 0.3 is 19.8 Å². The van der Waals surface area contributed by atoms with Crippen LogP contribution in [-0.2, 0) is 13.8 Å². The zero-order valence-electron chi connectivity index (χ0n) is 24.1. The molecule has 0 bridgehead atoms. The van der Waals surface area contributed by atoms with Gasteiger partial charge in [-0.25, -0.2) is 28.4 Å². The van der Waals surface area contributed by atoms with E-state index in [2.05, 4.69) is 0 Å². The highest BCUT2D eigenvalue weighted by Gasteiger charge is 2.42. The first-order valence-electron chi connectivity index (χ1n) is 14.3. The molecule has 0 spiro atoms. The number of anilines is 2. The number of carboxylic acid groups (broad SMARTS) is 1. The molecule has 1 saturated carbocycles. The molecule has 1 aromatic heterocycles. The third kappa shape index (κ3) is 6.25. The van der Waals surface area contributed by atoms with Crippen molar-refractivity contribution in [3.8, 4) is 5.75 Å². The van der Waals surface area contributed by atoms with Crippen molar-refractivity contribution in [2.24, 2.45) is 5.50 Å². The van der Waals surface area contributed by atoms with E-state index in [1.807, 2.05) is 0 Å². The zero-order chi connectivity index (χ0) is 32.3. The summed E-state index contributed by atoms with van der Waals surface area (Å²) in [7, 11) is -4.54. The molecule has 1 aliphatic carbocycles. The lowest BCUT2D eigenvalue weighted by molar-refractivity contribution is -0.00984. The molecule has 2 aromatic carbocycles. The number of ether oxygens (including phenoxy) is 2. The number of fused-ring (bicyclic) bond motifs is 1. The van der Waals surface area contributed by atoms with Gasteiger partial charge in [0, 0.05) is 36.8 Å². The summed E-state index contributed by atoms with van der Waals surface area (Å²) < 4.78 is 60.5. The predicted molar refractivity (Wildman–Crippen MR) is 158 cm³/mol. The van der Waals surface area contributed by atoms with E-state index in [0.29, 0.717) is 5.52 Å². The third-order valence-electron chi connectivity index (χ3n) is 8.29. The maximum atomic E-state index is 15.5. The molecule has 4 N–H and O–H groups in total. The Hall–Kier alpha value is -4.04. The van der Waals surface area contributed by atoms with Gasteiger partial charge in [0.05, 0.1) is 23.4 Å². The molecule has 45 heavy (non-hydrogen) atoms. The van der Waals surface area contributed by atoms with Crippen molar-refractivity contribution < 1.29 is 46.9 Å². The highest BCUT2D eigenvalue weighted by atomic mass is 31.2. The van der Waals surface area contributed by atoms with Gasteiger partial charge in [0.1, 0.15) is 29.7 Å². The molecule has 3 aliphatic rings. The van der Waals surface area contributed by atoms with Crippen LogP contribution in [0.15, 0.2) is 41.3 Å². The average molecular weight is 649 g/mol. The molecule has 3 fully saturated rings. The van der Waals surface area contributed by atoms with Gasteiger partial charge in [0.25, 0.3) is 0 Å². The molecule has 2 atom stereocenters. The van der Waals surface area contributed by atoms with Gasteiger partial charge in [0.2, 0.25) is 5.43 Å². The summed E-state index contributed by atoms with van der Waals surface area (Å²) in [6.07, 6.45) is 2.01. The zero-order valence-corrected chi connectivity index (χ0v) is 25.0. The monoisotopic (exact) mass is 648 g/mol. The second kappa shape index (κ2) is 11.4. The van der Waals surface area contributed by atoms with E-state index in [4.69, 9.17) is 19.5 Å². The minimum atomic E-state index is -4.54. The Morgan fingerprint density at radius 2 is 1.87 bits per heavy atom. The summed E-state index contributed by atoms with van der Waals surface area (Å²) in [6.45, 7) is 1.84. The van der Waals surface area contributed by atoms with Crippen molar-refractivity contribution in [2.75, 3.05) is 36.0 Å². The smallest absolute Gasteiger partial charge is 0.414 e. The largest absolute Gasteiger partial charge is 0.487 e. The fourth-order valence-corrected chi connectivity index (χ4v) is 6.69. The van der Waals surface area contributed by atoms with Crippen molar-refractivity contribution >= 4 is 42.1 Å². The number of nitrogens with zero attached hydrogens (tertiary/aromatic N) is 3. The first-order valence-corrected chi connectivity index (χ1v) is 16.0. The number of piperidine rings is 1. The number of rotatable bonds is 9. The molecule has 240 valence electrons. The van der Waals surface area contributed by atoms with E-state index < -0.39 is 48.0 Å². The van der Waals surface area contributed by atoms with E-state index >= 15 is 8.78 Å². The van der Waals surface area contributed by atoms with E-state index in [-0.39, 0.29) is 73.7 Å². The Bertz CT molecular complexity index is 1800. The number of carbonyl (C=O) groups is 2. The topological polar surface area (TPSA) is 174 Å². The van der Waals surface area contributed by atoms with Crippen LogP contribution >= 0.6 is 7.75 Å². The Morgan fingerprint density at radius 3 is 2.44 bits per heavy atom. The third-order valence-corrected chi connectivity index (χ3v) is 8.94. The minimum absolute atomic E-state index is 0.00508. The fourth-order valence-electron chi connectivity index (χ4n) is 5.90. The van der Waals surface area contributed by atoms with Crippen LogP contribution in [0.25, 0.3) is 10.9 Å². The summed E-state index contributed by atoms with van der Waals surface area (Å²) in [4.78, 5) is 49.4. The number of carbonyl (C=O) groups excluding carboxylic acids is 1. The van der Waals surface area contributed by atoms with Crippen LogP contribution < -0.4 is 25.5 Å². The van der Waals surface area contributed by atoms with Gasteiger partial charge in [-0.15, -0.1) is 0 Å². The molecule has 0 radical (unpaired) electrons. The Balaban J connectivity index is 1.22. The van der Waals surface area contributed by atoms with E-state index in [9.17, 15) is 28.9 Å². The van der Waals surface area contributed by atoms with E-state index in [0.717, 1.165) is 25.0 Å². The van der Waals surface area contributed by atoms with Crippen molar-refractivity contribution in [3.05, 3.63) is 63.9 Å². The van der Waals surface area contributed by atoms with Gasteiger partial charge < -0.3 is 28.9 Å². The van der Waals surface area contributed by atoms with Crippen LogP contribution in [0.2, 0.25) is 0 Å². The number of pyridine rings is 1. The number of halogens is 2. The SMILES string of the molecule is CC1CN(c2ccc(OCC3(OP(N)(=O)O)CCN(c4cc5c(cc4F)c(=O)c(C(=O)O)cn5C4CC4)CC3)c(F)c2)C(=O)O1. The number of amides is 1. The molecule has 3 heterocycles. The number of nitrogens with two attached hydrogens (primary N) is 1. The lowest BCUT2D eigenvalue weighted by Crippen LogP contribution is -2.49. The quantitative estimate of drug-likeness (QED) is 0.285. The number of aromatic carboxylic acids is 1. The molecular formula is C29H31F2N4O9P. The average Bonchev–Trinajstić information content (AvgIpc) is 3.75. The highest BCUT2D eigenvalue weighted by Crippen LogP contribution is 2.44. The molecule has 2 aliphatic heterocycles. The maximum absolute atomic E-state index is 15.5. The summed E-state index contributed by atoms with van der Waals surface area (Å²) in [6, 6.07) is 6.47. The van der Waals surface area contributed by atoms with E-state index in [1.165, 1.54) is 29.3 Å². The lowest BCUT2D eigenvalue weighted by Gasteiger charge is -2.42.